The number of esters is 2. The highest BCUT2D eigenvalue weighted by Crippen LogP contribution is 2.27. The second-order valence-corrected chi connectivity index (χ2v) is 4.48. The lowest BCUT2D eigenvalue weighted by Gasteiger charge is -2.30. The quantitative estimate of drug-likeness (QED) is 0.525. The maximum Gasteiger partial charge on any atom is 0.315 e. The first-order valence-corrected chi connectivity index (χ1v) is 6.83. The van der Waals surface area contributed by atoms with Gasteiger partial charge in [0.2, 0.25) is 0 Å². The molecule has 0 amide bonds. The fourth-order valence-electron chi connectivity index (χ4n) is 1.26. The summed E-state index contributed by atoms with van der Waals surface area (Å²) in [6.45, 7) is 4.46. The molecule has 0 N–H and O–H groups in total. The molecule has 0 saturated carbocycles. The predicted molar refractivity (Wildman–Crippen MR) is 72.6 cm³/mol. The van der Waals surface area contributed by atoms with Crippen LogP contribution in [-0.4, -0.2) is 36.7 Å². The molecule has 0 bridgehead atoms. The molecule has 0 heterocycles. The molecule has 0 aromatic heterocycles. The molecule has 0 aromatic rings. The van der Waals surface area contributed by atoms with E-state index in [1.807, 2.05) is 13.8 Å². The highest BCUT2D eigenvalue weighted by molar-refractivity contribution is 7.81. The summed E-state index contributed by atoms with van der Waals surface area (Å²) in [5.74, 6) is -0.611. The number of rotatable bonds is 8. The molecule has 4 nitrogen and oxygen atoms in total. The third-order valence-corrected chi connectivity index (χ3v) is 3.35. The Morgan fingerprint density at radius 3 is 1.53 bits per heavy atom. The van der Waals surface area contributed by atoms with Crippen molar-refractivity contribution in [1.82, 2.24) is 0 Å². The molecule has 0 atom stereocenters. The maximum absolute atomic E-state index is 11.1. The van der Waals surface area contributed by atoms with Crippen LogP contribution < -0.4 is 0 Å². The Morgan fingerprint density at radius 2 is 1.29 bits per heavy atom. The molecule has 0 aliphatic rings. The van der Waals surface area contributed by atoms with Crippen molar-refractivity contribution in [3.8, 4) is 0 Å². The Morgan fingerprint density at radius 1 is 0.941 bits per heavy atom. The van der Waals surface area contributed by atoms with E-state index in [1.165, 1.54) is 0 Å². The molecule has 0 aromatic carbocycles. The summed E-state index contributed by atoms with van der Waals surface area (Å²) in [6, 6.07) is 0. The van der Waals surface area contributed by atoms with Crippen molar-refractivity contribution in [2.24, 2.45) is 5.41 Å². The zero-order valence-corrected chi connectivity index (χ0v) is 12.1. The van der Waals surface area contributed by atoms with Crippen LogP contribution in [0.5, 0.6) is 0 Å². The SMILES string of the molecule is CCC(CC)(COC(=O)CS)COC(=O)CS. The van der Waals surface area contributed by atoms with Crippen molar-refractivity contribution in [3.63, 3.8) is 0 Å². The fraction of sp³-hybridized carbons (Fsp3) is 0.818. The normalized spacial score (nSPS) is 11.1. The van der Waals surface area contributed by atoms with E-state index in [9.17, 15) is 9.59 Å². The first kappa shape index (κ1) is 16.6. The molecule has 17 heavy (non-hydrogen) atoms. The van der Waals surface area contributed by atoms with E-state index in [-0.39, 0.29) is 42.1 Å². The lowest BCUT2D eigenvalue weighted by molar-refractivity contribution is -0.151. The van der Waals surface area contributed by atoms with Gasteiger partial charge in [-0.15, -0.1) is 0 Å². The summed E-state index contributed by atoms with van der Waals surface area (Å²) in [7, 11) is 0. The predicted octanol–water partition coefficient (Wildman–Crippen LogP) is 1.74. The number of thiol groups is 2. The molecule has 0 spiro atoms. The summed E-state index contributed by atoms with van der Waals surface area (Å²) < 4.78 is 10.2. The van der Waals surface area contributed by atoms with Crippen LogP contribution in [0.2, 0.25) is 0 Å². The van der Waals surface area contributed by atoms with Gasteiger partial charge in [0.15, 0.2) is 0 Å². The Bertz CT molecular complexity index is 230. The van der Waals surface area contributed by atoms with Crippen LogP contribution in [0.15, 0.2) is 0 Å². The second-order valence-electron chi connectivity index (χ2n) is 3.84. The summed E-state index contributed by atoms with van der Waals surface area (Å²) in [5, 5.41) is 0. The van der Waals surface area contributed by atoms with Crippen molar-refractivity contribution in [2.45, 2.75) is 26.7 Å². The van der Waals surface area contributed by atoms with Gasteiger partial charge in [-0.05, 0) is 12.8 Å². The smallest absolute Gasteiger partial charge is 0.315 e. The number of ether oxygens (including phenoxy) is 2. The molecule has 0 unspecified atom stereocenters. The molecule has 0 fully saturated rings. The summed E-state index contributed by atoms with van der Waals surface area (Å²) >= 11 is 7.67. The third-order valence-electron chi connectivity index (χ3n) is 2.84. The lowest BCUT2D eigenvalue weighted by Crippen LogP contribution is -2.33. The van der Waals surface area contributed by atoms with Gasteiger partial charge in [0.25, 0.3) is 0 Å². The average molecular weight is 280 g/mol. The summed E-state index contributed by atoms with van der Waals surface area (Å²) in [5.41, 5.74) is -0.308. The van der Waals surface area contributed by atoms with Crippen molar-refractivity contribution in [3.05, 3.63) is 0 Å². The highest BCUT2D eigenvalue weighted by Gasteiger charge is 2.29. The Labute approximate surface area is 113 Å². The zero-order valence-electron chi connectivity index (χ0n) is 10.3. The molecule has 0 saturated heterocycles. The van der Waals surface area contributed by atoms with E-state index in [0.29, 0.717) is 0 Å². The van der Waals surface area contributed by atoms with Gasteiger partial charge in [-0.25, -0.2) is 0 Å². The summed E-state index contributed by atoms with van der Waals surface area (Å²) in [6.07, 6.45) is 1.53. The van der Waals surface area contributed by atoms with E-state index >= 15 is 0 Å². The minimum Gasteiger partial charge on any atom is -0.464 e. The van der Waals surface area contributed by atoms with Gasteiger partial charge < -0.3 is 9.47 Å². The van der Waals surface area contributed by atoms with E-state index < -0.39 is 0 Å². The first-order chi connectivity index (χ1) is 8.03. The van der Waals surface area contributed by atoms with Crippen LogP contribution in [0.25, 0.3) is 0 Å². The third kappa shape index (κ3) is 6.21. The van der Waals surface area contributed by atoms with Gasteiger partial charge in [0, 0.05) is 5.41 Å². The molecule has 0 aliphatic heterocycles. The number of hydrogen-bond donors (Lipinski definition) is 2. The topological polar surface area (TPSA) is 52.6 Å². The number of carbonyl (C=O) groups is 2. The summed E-state index contributed by atoms with van der Waals surface area (Å²) in [4.78, 5) is 22.1. The standard InChI is InChI=1S/C11H20O4S2/c1-3-11(4-2,7-14-9(12)5-16)8-15-10(13)6-17/h16-17H,3-8H2,1-2H3. The molecule has 0 radical (unpaired) electrons. The van der Waals surface area contributed by atoms with Gasteiger partial charge in [-0.2, -0.15) is 25.3 Å². The minimum atomic E-state index is -0.361. The number of carbonyl (C=O) groups excluding carboxylic acids is 2. The first-order valence-electron chi connectivity index (χ1n) is 5.56. The Balaban J connectivity index is 4.34. The zero-order chi connectivity index (χ0) is 13.3. The lowest BCUT2D eigenvalue weighted by atomic mass is 9.84. The monoisotopic (exact) mass is 280 g/mol. The maximum atomic E-state index is 11.1. The fourth-order valence-corrected chi connectivity index (χ4v) is 1.44. The van der Waals surface area contributed by atoms with Crippen LogP contribution in [0.4, 0.5) is 0 Å². The van der Waals surface area contributed by atoms with Crippen molar-refractivity contribution in [2.75, 3.05) is 24.7 Å². The van der Waals surface area contributed by atoms with Crippen molar-refractivity contribution >= 4 is 37.2 Å². The van der Waals surface area contributed by atoms with Crippen LogP contribution in [0.3, 0.4) is 0 Å². The van der Waals surface area contributed by atoms with Gasteiger partial charge >= 0.3 is 11.9 Å². The average Bonchev–Trinajstić information content (AvgIpc) is 2.38. The van der Waals surface area contributed by atoms with E-state index in [1.54, 1.807) is 0 Å². The molecular weight excluding hydrogens is 260 g/mol. The van der Waals surface area contributed by atoms with Gasteiger partial charge in [-0.3, -0.25) is 9.59 Å². The van der Waals surface area contributed by atoms with Gasteiger partial charge in [0.05, 0.1) is 11.5 Å². The van der Waals surface area contributed by atoms with Crippen LogP contribution in [-0.2, 0) is 19.1 Å². The molecule has 100 valence electrons. The van der Waals surface area contributed by atoms with Crippen LogP contribution in [0, 0.1) is 5.41 Å². The van der Waals surface area contributed by atoms with E-state index in [4.69, 9.17) is 9.47 Å². The Hall–Kier alpha value is -0.360. The van der Waals surface area contributed by atoms with Crippen molar-refractivity contribution < 1.29 is 19.1 Å². The molecule has 0 aliphatic carbocycles. The molecular formula is C11H20O4S2. The highest BCUT2D eigenvalue weighted by atomic mass is 32.1. The Kier molecular flexibility index (Phi) is 8.51. The largest absolute Gasteiger partial charge is 0.464 e. The second kappa shape index (κ2) is 8.69. The molecule has 6 heteroatoms. The number of hydrogen-bond acceptors (Lipinski definition) is 6. The van der Waals surface area contributed by atoms with Gasteiger partial charge in [-0.1, -0.05) is 13.8 Å². The van der Waals surface area contributed by atoms with Crippen LogP contribution >= 0.6 is 25.3 Å². The minimum absolute atomic E-state index is 0.0555. The van der Waals surface area contributed by atoms with Gasteiger partial charge in [0.1, 0.15) is 13.2 Å². The molecule has 0 rings (SSSR count). The van der Waals surface area contributed by atoms with Crippen molar-refractivity contribution in [1.29, 1.82) is 0 Å². The van der Waals surface area contributed by atoms with E-state index in [0.717, 1.165) is 12.8 Å². The van der Waals surface area contributed by atoms with Crippen LogP contribution in [0.1, 0.15) is 26.7 Å². The van der Waals surface area contributed by atoms with E-state index in [2.05, 4.69) is 25.3 Å².